The molecule has 0 N–H and O–H groups in total. The van der Waals surface area contributed by atoms with Crippen LogP contribution in [0.25, 0.3) is 0 Å². The maximum Gasteiger partial charge on any atom is 0.349 e. The first-order valence-electron chi connectivity index (χ1n) is 5.92. The number of hydrogen-bond acceptors (Lipinski definition) is 4. The third-order valence-electron chi connectivity index (χ3n) is 2.47. The molecule has 6 heteroatoms. The number of halogens is 2. The maximum absolute atomic E-state index is 11.7. The average molecular weight is 370 g/mol. The molecule has 0 unspecified atom stereocenters. The molecule has 2 rings (SSSR count). The molecule has 0 radical (unpaired) electrons. The Hall–Kier alpha value is -1.85. The van der Waals surface area contributed by atoms with Gasteiger partial charge < -0.3 is 9.47 Å². The Morgan fingerprint density at radius 2 is 2.05 bits per heavy atom. The molecule has 0 heterocycles. The molecule has 0 aliphatic rings. The summed E-state index contributed by atoms with van der Waals surface area (Å²) in [5, 5.41) is 0.558. The van der Waals surface area contributed by atoms with Crippen molar-refractivity contribution in [3.63, 3.8) is 0 Å². The zero-order chi connectivity index (χ0) is 15.2. The number of carbonyl (C=O) groups excluding carboxylic acids is 2. The van der Waals surface area contributed by atoms with Gasteiger partial charge in [-0.2, -0.15) is 0 Å². The van der Waals surface area contributed by atoms with Crippen LogP contribution >= 0.6 is 27.5 Å². The van der Waals surface area contributed by atoms with Crippen LogP contribution in [0.2, 0.25) is 5.02 Å². The lowest BCUT2D eigenvalue weighted by atomic mass is 10.2. The van der Waals surface area contributed by atoms with E-state index in [0.29, 0.717) is 32.8 Å². The molecular weight excluding hydrogens is 360 g/mol. The first kappa shape index (κ1) is 15.5. The molecule has 4 nitrogen and oxygen atoms in total. The molecule has 2 aromatic carbocycles. The van der Waals surface area contributed by atoms with Gasteiger partial charge in [0.2, 0.25) is 0 Å². The van der Waals surface area contributed by atoms with E-state index >= 15 is 0 Å². The molecular formula is C15H10BrClO4. The van der Waals surface area contributed by atoms with E-state index in [4.69, 9.17) is 21.1 Å². The zero-order valence-electron chi connectivity index (χ0n) is 10.7. The summed E-state index contributed by atoms with van der Waals surface area (Å²) in [6, 6.07) is 11.3. The lowest BCUT2D eigenvalue weighted by Crippen LogP contribution is -2.17. The zero-order valence-corrected chi connectivity index (χ0v) is 13.1. The van der Waals surface area contributed by atoms with E-state index in [0.717, 1.165) is 0 Å². The van der Waals surface area contributed by atoms with Crippen LogP contribution in [0.4, 0.5) is 0 Å². The number of carbonyl (C=O) groups is 2. The number of rotatable bonds is 5. The van der Waals surface area contributed by atoms with E-state index in [2.05, 4.69) is 15.9 Å². The molecule has 0 aromatic heterocycles. The second-order valence-corrected chi connectivity index (χ2v) is 5.32. The van der Waals surface area contributed by atoms with Crippen molar-refractivity contribution in [3.8, 4) is 11.5 Å². The minimum absolute atomic E-state index is 0.258. The second kappa shape index (κ2) is 7.24. The van der Waals surface area contributed by atoms with E-state index < -0.39 is 5.97 Å². The Morgan fingerprint density at radius 1 is 1.24 bits per heavy atom. The molecule has 0 bridgehead atoms. The smallest absolute Gasteiger partial charge is 0.349 e. The standard InChI is InChI=1S/C15H10BrClO4/c16-13-7-11(17)4-5-14(13)20-9-15(19)21-12-3-1-2-10(6-12)8-18/h1-8H,9H2. The fourth-order valence-corrected chi connectivity index (χ4v) is 2.34. The first-order chi connectivity index (χ1) is 10.1. The molecule has 0 atom stereocenters. The van der Waals surface area contributed by atoms with E-state index in [-0.39, 0.29) is 6.61 Å². The van der Waals surface area contributed by atoms with Gasteiger partial charge in [-0.1, -0.05) is 23.7 Å². The Labute approximate surface area is 134 Å². The van der Waals surface area contributed by atoms with Gasteiger partial charge in [0, 0.05) is 10.6 Å². The molecule has 0 saturated heterocycles. The van der Waals surface area contributed by atoms with Crippen LogP contribution in [0.15, 0.2) is 46.9 Å². The van der Waals surface area contributed by atoms with Gasteiger partial charge in [0.15, 0.2) is 6.61 Å². The summed E-state index contributed by atoms with van der Waals surface area (Å²) in [6.45, 7) is -0.258. The Balaban J connectivity index is 1.94. The van der Waals surface area contributed by atoms with Gasteiger partial charge in [0.25, 0.3) is 0 Å². The largest absolute Gasteiger partial charge is 0.481 e. The van der Waals surface area contributed by atoms with Gasteiger partial charge in [-0.3, -0.25) is 4.79 Å². The van der Waals surface area contributed by atoms with Gasteiger partial charge in [-0.05, 0) is 46.3 Å². The van der Waals surface area contributed by atoms with Crippen molar-refractivity contribution in [1.29, 1.82) is 0 Å². The van der Waals surface area contributed by atoms with Crippen LogP contribution in [0.5, 0.6) is 11.5 Å². The lowest BCUT2D eigenvalue weighted by molar-refractivity contribution is -0.136. The molecule has 0 fully saturated rings. The van der Waals surface area contributed by atoms with Crippen LogP contribution in [0.3, 0.4) is 0 Å². The highest BCUT2D eigenvalue weighted by Gasteiger charge is 2.09. The van der Waals surface area contributed by atoms with Crippen molar-refractivity contribution in [2.75, 3.05) is 6.61 Å². The van der Waals surface area contributed by atoms with Crippen LogP contribution in [0.1, 0.15) is 10.4 Å². The highest BCUT2D eigenvalue weighted by molar-refractivity contribution is 9.10. The monoisotopic (exact) mass is 368 g/mol. The molecule has 21 heavy (non-hydrogen) atoms. The van der Waals surface area contributed by atoms with E-state index in [1.54, 1.807) is 36.4 Å². The summed E-state index contributed by atoms with van der Waals surface area (Å²) in [4.78, 5) is 22.3. The Morgan fingerprint density at radius 3 is 2.76 bits per heavy atom. The Bertz CT molecular complexity index is 672. The van der Waals surface area contributed by atoms with Crippen LogP contribution in [-0.2, 0) is 4.79 Å². The SMILES string of the molecule is O=Cc1cccc(OC(=O)COc2ccc(Cl)cc2Br)c1. The van der Waals surface area contributed by atoms with Crippen LogP contribution < -0.4 is 9.47 Å². The molecule has 108 valence electrons. The van der Waals surface area contributed by atoms with Gasteiger partial charge in [0.1, 0.15) is 17.8 Å². The van der Waals surface area contributed by atoms with E-state index in [1.165, 1.54) is 6.07 Å². The predicted octanol–water partition coefficient (Wildman–Crippen LogP) is 3.90. The highest BCUT2D eigenvalue weighted by atomic mass is 79.9. The highest BCUT2D eigenvalue weighted by Crippen LogP contribution is 2.27. The van der Waals surface area contributed by atoms with Crippen molar-refractivity contribution in [2.24, 2.45) is 0 Å². The van der Waals surface area contributed by atoms with Gasteiger partial charge in [-0.15, -0.1) is 0 Å². The minimum Gasteiger partial charge on any atom is -0.481 e. The number of hydrogen-bond donors (Lipinski definition) is 0. The normalized spacial score (nSPS) is 10.0. The van der Waals surface area contributed by atoms with Crippen molar-refractivity contribution >= 4 is 39.8 Å². The summed E-state index contributed by atoms with van der Waals surface area (Å²) >= 11 is 9.09. The minimum atomic E-state index is -0.570. The first-order valence-corrected chi connectivity index (χ1v) is 7.09. The average Bonchev–Trinajstić information content (AvgIpc) is 2.46. The van der Waals surface area contributed by atoms with Gasteiger partial charge >= 0.3 is 5.97 Å². The predicted molar refractivity (Wildman–Crippen MR) is 82.1 cm³/mol. The van der Waals surface area contributed by atoms with Crippen LogP contribution in [-0.4, -0.2) is 18.9 Å². The summed E-state index contributed by atoms with van der Waals surface area (Å²) in [5.41, 5.74) is 0.432. The van der Waals surface area contributed by atoms with E-state index in [1.807, 2.05) is 0 Å². The fraction of sp³-hybridized carbons (Fsp3) is 0.0667. The lowest BCUT2D eigenvalue weighted by Gasteiger charge is -2.08. The van der Waals surface area contributed by atoms with Crippen LogP contribution in [0, 0.1) is 0 Å². The molecule has 0 amide bonds. The summed E-state index contributed by atoms with van der Waals surface area (Å²) in [5.74, 6) is 0.210. The van der Waals surface area contributed by atoms with Crippen molar-refractivity contribution in [1.82, 2.24) is 0 Å². The molecule has 0 aliphatic carbocycles. The number of benzene rings is 2. The molecule has 0 spiro atoms. The molecule has 0 aliphatic heterocycles. The number of ether oxygens (including phenoxy) is 2. The van der Waals surface area contributed by atoms with Gasteiger partial charge in [0.05, 0.1) is 4.47 Å². The van der Waals surface area contributed by atoms with E-state index in [9.17, 15) is 9.59 Å². The summed E-state index contributed by atoms with van der Waals surface area (Å²) < 4.78 is 11.1. The third kappa shape index (κ3) is 4.58. The summed E-state index contributed by atoms with van der Waals surface area (Å²) in [7, 11) is 0. The quantitative estimate of drug-likeness (QED) is 0.456. The molecule has 0 saturated carbocycles. The molecule has 2 aromatic rings. The number of aldehydes is 1. The van der Waals surface area contributed by atoms with Crippen molar-refractivity contribution in [2.45, 2.75) is 0 Å². The fourth-order valence-electron chi connectivity index (χ4n) is 1.54. The third-order valence-corrected chi connectivity index (χ3v) is 3.32. The number of esters is 1. The second-order valence-electron chi connectivity index (χ2n) is 4.03. The Kier molecular flexibility index (Phi) is 5.36. The van der Waals surface area contributed by atoms with Crippen molar-refractivity contribution < 1.29 is 19.1 Å². The topological polar surface area (TPSA) is 52.6 Å². The maximum atomic E-state index is 11.7. The van der Waals surface area contributed by atoms with Gasteiger partial charge in [-0.25, -0.2) is 4.79 Å². The van der Waals surface area contributed by atoms with Crippen molar-refractivity contribution in [3.05, 3.63) is 57.5 Å². The summed E-state index contributed by atoms with van der Waals surface area (Å²) in [6.07, 6.45) is 0.679.